The van der Waals surface area contributed by atoms with Crippen LogP contribution in [0, 0.1) is 16.0 Å². The number of nitrogens with one attached hydrogen (secondary N) is 6. The molecule has 24 heteroatoms. The normalized spacial score (nSPS) is 12.8. The molecule has 1 unspecified atom stereocenters. The van der Waals surface area contributed by atoms with Crippen molar-refractivity contribution in [3.8, 4) is 5.75 Å². The predicted octanol–water partition coefficient (Wildman–Crippen LogP) is 1.86. The molecular formula is C45H62N8O16. The van der Waals surface area contributed by atoms with Gasteiger partial charge in [0.2, 0.25) is 23.6 Å². The Balaban J connectivity index is 1.33. The van der Waals surface area contributed by atoms with Crippen LogP contribution in [0.1, 0.15) is 52.0 Å². The van der Waals surface area contributed by atoms with Crippen LogP contribution in [0.5, 0.6) is 5.75 Å². The molecular weight excluding hydrogens is 909 g/mol. The van der Waals surface area contributed by atoms with Crippen molar-refractivity contribution in [1.82, 2.24) is 31.5 Å². The van der Waals surface area contributed by atoms with E-state index in [0.29, 0.717) is 50.6 Å². The van der Waals surface area contributed by atoms with Gasteiger partial charge in [-0.15, -0.1) is 0 Å². The van der Waals surface area contributed by atoms with Gasteiger partial charge in [0, 0.05) is 69.0 Å². The number of nitro groups is 1. The van der Waals surface area contributed by atoms with E-state index in [0.717, 1.165) is 4.90 Å². The lowest BCUT2D eigenvalue weighted by molar-refractivity contribution is -0.384. The first-order valence-electron chi connectivity index (χ1n) is 22.4. The number of ether oxygens (including phenoxy) is 6. The van der Waals surface area contributed by atoms with Crippen LogP contribution < -0.4 is 36.6 Å². The average molecular weight is 971 g/mol. The zero-order chi connectivity index (χ0) is 50.4. The van der Waals surface area contributed by atoms with Crippen LogP contribution in [0.15, 0.2) is 60.7 Å². The minimum Gasteiger partial charge on any atom is -0.429 e. The molecule has 1 heterocycles. The van der Waals surface area contributed by atoms with Gasteiger partial charge in [-0.2, -0.15) is 0 Å². The number of carbonyl (C=O) groups excluding carboxylic acids is 8. The summed E-state index contributed by atoms with van der Waals surface area (Å²) in [4.78, 5) is 110. The lowest BCUT2D eigenvalue weighted by Crippen LogP contribution is -2.54. The Morgan fingerprint density at radius 2 is 1.30 bits per heavy atom. The van der Waals surface area contributed by atoms with E-state index in [2.05, 4.69) is 31.9 Å². The van der Waals surface area contributed by atoms with Crippen LogP contribution in [0.2, 0.25) is 0 Å². The Morgan fingerprint density at radius 3 is 1.90 bits per heavy atom. The van der Waals surface area contributed by atoms with Crippen molar-refractivity contribution in [2.45, 2.75) is 65.1 Å². The number of nitro benzene ring substituents is 1. The SMILES string of the molecule is CCNC(=O)NCCCC(NC(=O)[C@@H](NC(=O)CCOCCOCCOCCOCCNC(=O)CCN1C(=O)C=CC1=O)C(C)C)C(=O)Nc1ccc(COC(=O)Oc2ccc([N+](=O)[O-])cc2)cc1. The molecule has 0 spiro atoms. The van der Waals surface area contributed by atoms with Gasteiger partial charge in [0.15, 0.2) is 0 Å². The van der Waals surface area contributed by atoms with Crippen molar-refractivity contribution in [3.63, 3.8) is 0 Å². The molecule has 1 aliphatic rings. The Labute approximate surface area is 399 Å². The van der Waals surface area contributed by atoms with Crippen LogP contribution in [0.4, 0.5) is 21.0 Å². The van der Waals surface area contributed by atoms with Crippen molar-refractivity contribution in [2.24, 2.45) is 5.92 Å². The van der Waals surface area contributed by atoms with E-state index in [1.165, 1.54) is 36.4 Å². The molecule has 2 atom stereocenters. The molecule has 0 aromatic heterocycles. The van der Waals surface area contributed by atoms with Gasteiger partial charge in [-0.25, -0.2) is 9.59 Å². The zero-order valence-corrected chi connectivity index (χ0v) is 39.0. The minimum absolute atomic E-state index is 0.00124. The molecule has 6 N–H and O–H groups in total. The topological polar surface area (TPSA) is 310 Å². The number of amides is 8. The van der Waals surface area contributed by atoms with Crippen LogP contribution in [-0.2, 0) is 59.1 Å². The molecule has 0 aliphatic carbocycles. The maximum absolute atomic E-state index is 13.6. The van der Waals surface area contributed by atoms with Crippen LogP contribution >= 0.6 is 0 Å². The number of nitrogens with zero attached hydrogens (tertiary/aromatic N) is 2. The van der Waals surface area contributed by atoms with Crippen molar-refractivity contribution in [1.29, 1.82) is 0 Å². The molecule has 0 radical (unpaired) electrons. The summed E-state index contributed by atoms with van der Waals surface area (Å²) in [6, 6.07) is 8.80. The first-order valence-corrected chi connectivity index (χ1v) is 22.4. The van der Waals surface area contributed by atoms with Gasteiger partial charge in [0.05, 0.1) is 57.8 Å². The van der Waals surface area contributed by atoms with Gasteiger partial charge in [0.1, 0.15) is 24.4 Å². The summed E-state index contributed by atoms with van der Waals surface area (Å²) < 4.78 is 32.0. The van der Waals surface area contributed by atoms with E-state index in [-0.39, 0.29) is 101 Å². The Kier molecular flexibility index (Phi) is 26.0. The second kappa shape index (κ2) is 31.9. The number of imide groups is 1. The van der Waals surface area contributed by atoms with Gasteiger partial charge in [-0.3, -0.25) is 43.8 Å². The highest BCUT2D eigenvalue weighted by molar-refractivity contribution is 6.13. The minimum atomic E-state index is -1.06. The van der Waals surface area contributed by atoms with Crippen LogP contribution in [0.25, 0.3) is 0 Å². The molecule has 0 saturated carbocycles. The summed E-state index contributed by atoms with van der Waals surface area (Å²) in [7, 11) is 0. The van der Waals surface area contributed by atoms with Crippen molar-refractivity contribution >= 4 is 59.0 Å². The molecule has 3 rings (SSSR count). The summed E-state index contributed by atoms with van der Waals surface area (Å²) >= 11 is 0. The van der Waals surface area contributed by atoms with Crippen molar-refractivity contribution in [2.75, 3.05) is 84.4 Å². The van der Waals surface area contributed by atoms with Gasteiger partial charge in [0.25, 0.3) is 17.5 Å². The third-order valence-electron chi connectivity index (χ3n) is 9.64. The summed E-state index contributed by atoms with van der Waals surface area (Å²) in [5.41, 5.74) is 0.754. The molecule has 1 aliphatic heterocycles. The fourth-order valence-electron chi connectivity index (χ4n) is 6.00. The Morgan fingerprint density at radius 1 is 0.696 bits per heavy atom. The second-order valence-electron chi connectivity index (χ2n) is 15.3. The predicted molar refractivity (Wildman–Crippen MR) is 245 cm³/mol. The van der Waals surface area contributed by atoms with E-state index in [1.54, 1.807) is 45.0 Å². The number of hydrogen-bond acceptors (Lipinski definition) is 16. The summed E-state index contributed by atoms with van der Waals surface area (Å²) in [5.74, 6) is -3.05. The Bertz CT molecular complexity index is 2020. The third kappa shape index (κ3) is 23.0. The molecule has 0 bridgehead atoms. The smallest absolute Gasteiger partial charge is 0.429 e. The monoisotopic (exact) mass is 970 g/mol. The maximum Gasteiger partial charge on any atom is 0.514 e. The summed E-state index contributed by atoms with van der Waals surface area (Å²) in [6.45, 7) is 8.00. The fraction of sp³-hybridized carbons (Fsp3) is 0.511. The number of non-ortho nitro benzene ring substituents is 1. The molecule has 2 aromatic carbocycles. The van der Waals surface area contributed by atoms with Crippen LogP contribution in [0.3, 0.4) is 0 Å². The summed E-state index contributed by atoms with van der Waals surface area (Å²) in [5, 5.41) is 27.0. The summed E-state index contributed by atoms with van der Waals surface area (Å²) in [6.07, 6.45) is 1.73. The zero-order valence-electron chi connectivity index (χ0n) is 39.0. The maximum atomic E-state index is 13.6. The molecule has 0 saturated heterocycles. The highest BCUT2D eigenvalue weighted by atomic mass is 16.7. The van der Waals surface area contributed by atoms with E-state index in [1.807, 2.05) is 0 Å². The highest BCUT2D eigenvalue weighted by Crippen LogP contribution is 2.18. The number of carbonyl (C=O) groups is 8. The van der Waals surface area contributed by atoms with Crippen molar-refractivity contribution < 1.29 is 71.7 Å². The van der Waals surface area contributed by atoms with Crippen LogP contribution in [-0.4, -0.2) is 149 Å². The Hall–Kier alpha value is -7.02. The van der Waals surface area contributed by atoms with E-state index >= 15 is 0 Å². The number of urea groups is 1. The lowest BCUT2D eigenvalue weighted by atomic mass is 10.0. The highest BCUT2D eigenvalue weighted by Gasteiger charge is 2.29. The molecule has 0 fully saturated rings. The molecule has 2 aromatic rings. The molecule has 24 nitrogen and oxygen atoms in total. The van der Waals surface area contributed by atoms with E-state index in [9.17, 15) is 48.5 Å². The average Bonchev–Trinajstić information content (AvgIpc) is 3.64. The van der Waals surface area contributed by atoms with Gasteiger partial charge < -0.3 is 60.3 Å². The first kappa shape index (κ1) is 56.3. The molecule has 8 amide bonds. The molecule has 378 valence electrons. The van der Waals surface area contributed by atoms with E-state index in [4.69, 9.17) is 28.4 Å². The fourth-order valence-corrected chi connectivity index (χ4v) is 6.00. The second-order valence-corrected chi connectivity index (χ2v) is 15.3. The first-order chi connectivity index (χ1) is 33.2. The number of benzene rings is 2. The third-order valence-corrected chi connectivity index (χ3v) is 9.64. The standard InChI is InChI=1S/C45H62N8O16/c1-4-46-44(60)48-19-5-6-36(42(58)49-33-9-7-32(8-10-33)30-68-45(61)69-35-13-11-34(12-14-35)53(62)63)50-43(59)41(31(2)3)51-38(55)18-22-64-24-26-66-28-29-67-27-25-65-23-20-47-37(54)17-21-52-39(56)15-16-40(52)57/h7-16,31,36,41H,4-6,17-30H2,1-3H3,(H,47,54)(H,49,58)(H,50,59)(H,51,55)(H2,46,48,60)/t36?,41-/m0/s1. The number of rotatable bonds is 33. The van der Waals surface area contributed by atoms with Gasteiger partial charge in [-0.1, -0.05) is 26.0 Å². The number of hydrogen-bond donors (Lipinski definition) is 6. The molecule has 69 heavy (non-hydrogen) atoms. The lowest BCUT2D eigenvalue weighted by Gasteiger charge is -2.25. The number of anilines is 1. The van der Waals surface area contributed by atoms with Crippen molar-refractivity contribution in [3.05, 3.63) is 76.4 Å². The quantitative estimate of drug-likeness (QED) is 0.0149. The van der Waals surface area contributed by atoms with Gasteiger partial charge >= 0.3 is 12.2 Å². The largest absolute Gasteiger partial charge is 0.514 e. The van der Waals surface area contributed by atoms with Gasteiger partial charge in [-0.05, 0) is 55.5 Å². The van der Waals surface area contributed by atoms with E-state index < -0.39 is 52.7 Å².